The molecule has 0 saturated carbocycles. The van der Waals surface area contributed by atoms with Crippen molar-refractivity contribution in [1.29, 1.82) is 0 Å². The maximum atomic E-state index is 10.5. The average molecular weight is 288 g/mol. The summed E-state index contributed by atoms with van der Waals surface area (Å²) < 4.78 is 10.2. The number of rotatable bonds is 11. The number of carboxylic acid groups (broad SMARTS) is 1. The van der Waals surface area contributed by atoms with E-state index in [0.29, 0.717) is 18.9 Å². The van der Waals surface area contributed by atoms with E-state index in [-0.39, 0.29) is 6.42 Å². The molecule has 1 rings (SSSR count). The second-order valence-electron chi connectivity index (χ2n) is 3.95. The molecule has 0 amide bonds. The number of carbonyl (C=O) groups is 1. The van der Waals surface area contributed by atoms with Crippen LogP contribution in [-0.4, -0.2) is 49.5 Å². The minimum absolute atomic E-state index is 0.0223. The van der Waals surface area contributed by atoms with Gasteiger partial charge in [-0.05, 0) is 12.8 Å². The number of carboxylic acids is 1. The summed E-state index contributed by atoms with van der Waals surface area (Å²) in [5.41, 5.74) is 0.600. The first-order valence-corrected chi connectivity index (χ1v) is 7.07. The zero-order valence-electron chi connectivity index (χ0n) is 11.1. The molecule has 0 unspecified atom stereocenters. The molecule has 19 heavy (non-hydrogen) atoms. The van der Waals surface area contributed by atoms with Crippen molar-refractivity contribution in [2.75, 3.05) is 38.8 Å². The van der Waals surface area contributed by atoms with E-state index in [1.165, 1.54) is 11.3 Å². The van der Waals surface area contributed by atoms with Gasteiger partial charge in [0.25, 0.3) is 0 Å². The van der Waals surface area contributed by atoms with Gasteiger partial charge in [-0.25, -0.2) is 4.98 Å². The Morgan fingerprint density at radius 1 is 1.42 bits per heavy atom. The first-order chi connectivity index (χ1) is 9.22. The minimum atomic E-state index is -0.856. The Bertz CT molecular complexity index is 370. The third kappa shape index (κ3) is 7.76. The molecule has 0 saturated heterocycles. The summed E-state index contributed by atoms with van der Waals surface area (Å²) in [6.45, 7) is 2.81. The molecule has 2 N–H and O–H groups in total. The molecule has 0 aliphatic heterocycles. The van der Waals surface area contributed by atoms with Crippen LogP contribution in [0.15, 0.2) is 5.38 Å². The standard InChI is InChI=1S/C12H20N2O4S/c1-17-6-7-18-5-3-2-4-13-12-14-10(9-19-12)8-11(15)16/h9H,2-8H2,1H3,(H,13,14)(H,15,16). The number of thiazole rings is 1. The van der Waals surface area contributed by atoms with Gasteiger partial charge in [-0.1, -0.05) is 0 Å². The molecule has 1 heterocycles. The number of hydrogen-bond acceptors (Lipinski definition) is 6. The van der Waals surface area contributed by atoms with Crippen LogP contribution in [0.25, 0.3) is 0 Å². The van der Waals surface area contributed by atoms with Gasteiger partial charge in [0.2, 0.25) is 0 Å². The normalized spacial score (nSPS) is 10.6. The van der Waals surface area contributed by atoms with E-state index < -0.39 is 5.97 Å². The second kappa shape index (κ2) is 9.71. The van der Waals surface area contributed by atoms with Crippen molar-refractivity contribution in [3.8, 4) is 0 Å². The predicted octanol–water partition coefficient (Wildman–Crippen LogP) is 1.63. The SMILES string of the molecule is COCCOCCCCNc1nc(CC(=O)O)cs1. The molecule has 0 atom stereocenters. The Hall–Kier alpha value is -1.18. The zero-order valence-corrected chi connectivity index (χ0v) is 11.9. The van der Waals surface area contributed by atoms with Crippen molar-refractivity contribution in [1.82, 2.24) is 4.98 Å². The summed E-state index contributed by atoms with van der Waals surface area (Å²) in [5.74, 6) is -0.856. The van der Waals surface area contributed by atoms with Crippen molar-refractivity contribution in [2.24, 2.45) is 0 Å². The van der Waals surface area contributed by atoms with E-state index in [9.17, 15) is 4.79 Å². The van der Waals surface area contributed by atoms with Gasteiger partial charge in [-0.3, -0.25) is 4.79 Å². The molecule has 7 heteroatoms. The van der Waals surface area contributed by atoms with Crippen LogP contribution in [0.3, 0.4) is 0 Å². The Morgan fingerprint density at radius 2 is 2.26 bits per heavy atom. The summed E-state index contributed by atoms with van der Waals surface area (Å²) in [6, 6.07) is 0. The number of nitrogens with zero attached hydrogens (tertiary/aromatic N) is 1. The molecule has 0 aromatic carbocycles. The number of methoxy groups -OCH3 is 1. The van der Waals surface area contributed by atoms with Crippen molar-refractivity contribution in [3.63, 3.8) is 0 Å². The molecule has 6 nitrogen and oxygen atoms in total. The molecule has 1 aromatic rings. The van der Waals surface area contributed by atoms with Crippen LogP contribution in [-0.2, 0) is 20.7 Å². The number of unbranched alkanes of at least 4 members (excludes halogenated alkanes) is 1. The van der Waals surface area contributed by atoms with Crippen molar-refractivity contribution < 1.29 is 19.4 Å². The first-order valence-electron chi connectivity index (χ1n) is 6.19. The van der Waals surface area contributed by atoms with Crippen LogP contribution in [0.5, 0.6) is 0 Å². The van der Waals surface area contributed by atoms with E-state index in [1.54, 1.807) is 12.5 Å². The Morgan fingerprint density at radius 3 is 3.00 bits per heavy atom. The van der Waals surface area contributed by atoms with Crippen molar-refractivity contribution >= 4 is 22.4 Å². The maximum absolute atomic E-state index is 10.5. The van der Waals surface area contributed by atoms with Gasteiger partial charge >= 0.3 is 5.97 Å². The summed E-state index contributed by atoms with van der Waals surface area (Å²) >= 11 is 1.43. The topological polar surface area (TPSA) is 80.7 Å². The Labute approximate surface area is 116 Å². The summed E-state index contributed by atoms with van der Waals surface area (Å²) in [4.78, 5) is 14.7. The van der Waals surface area contributed by atoms with Gasteiger partial charge < -0.3 is 19.9 Å². The molecule has 0 fully saturated rings. The summed E-state index contributed by atoms with van der Waals surface area (Å²) in [6.07, 6.45) is 1.94. The van der Waals surface area contributed by atoms with Crippen LogP contribution >= 0.6 is 11.3 Å². The predicted molar refractivity (Wildman–Crippen MR) is 73.9 cm³/mol. The number of aromatic nitrogens is 1. The number of aliphatic carboxylic acids is 1. The number of hydrogen-bond donors (Lipinski definition) is 2. The van der Waals surface area contributed by atoms with Gasteiger partial charge in [0, 0.05) is 25.6 Å². The highest BCUT2D eigenvalue weighted by Crippen LogP contribution is 2.15. The van der Waals surface area contributed by atoms with Crippen LogP contribution < -0.4 is 5.32 Å². The lowest BCUT2D eigenvalue weighted by atomic mass is 10.3. The molecule has 1 aromatic heterocycles. The smallest absolute Gasteiger partial charge is 0.309 e. The molecule has 0 aliphatic rings. The van der Waals surface area contributed by atoms with E-state index >= 15 is 0 Å². The highest BCUT2D eigenvalue weighted by atomic mass is 32.1. The lowest BCUT2D eigenvalue weighted by Gasteiger charge is -2.04. The van der Waals surface area contributed by atoms with Gasteiger partial charge in [0.1, 0.15) is 0 Å². The molecule has 0 spiro atoms. The lowest BCUT2D eigenvalue weighted by Crippen LogP contribution is -2.06. The van der Waals surface area contributed by atoms with Gasteiger partial charge in [0.05, 0.1) is 25.3 Å². The fourth-order valence-electron chi connectivity index (χ4n) is 1.39. The highest BCUT2D eigenvalue weighted by molar-refractivity contribution is 7.13. The molecule has 0 radical (unpaired) electrons. The van der Waals surface area contributed by atoms with Crippen molar-refractivity contribution in [2.45, 2.75) is 19.3 Å². The molecule has 0 aliphatic carbocycles. The number of nitrogens with one attached hydrogen (secondary N) is 1. The van der Waals surface area contributed by atoms with E-state index in [1.807, 2.05) is 0 Å². The first kappa shape index (κ1) is 15.9. The van der Waals surface area contributed by atoms with Crippen molar-refractivity contribution in [3.05, 3.63) is 11.1 Å². The average Bonchev–Trinajstić information content (AvgIpc) is 2.79. The highest BCUT2D eigenvalue weighted by Gasteiger charge is 2.05. The quantitative estimate of drug-likeness (QED) is 0.602. The van der Waals surface area contributed by atoms with E-state index in [2.05, 4.69) is 10.3 Å². The summed E-state index contributed by atoms with van der Waals surface area (Å²) in [7, 11) is 1.65. The van der Waals surface area contributed by atoms with Gasteiger partial charge in [-0.15, -0.1) is 11.3 Å². The van der Waals surface area contributed by atoms with Crippen LogP contribution in [0.4, 0.5) is 5.13 Å². The Balaban J connectivity index is 2.03. The van der Waals surface area contributed by atoms with Gasteiger partial charge in [-0.2, -0.15) is 0 Å². The zero-order chi connectivity index (χ0) is 13.9. The van der Waals surface area contributed by atoms with Crippen LogP contribution in [0.1, 0.15) is 18.5 Å². The van der Waals surface area contributed by atoms with Crippen LogP contribution in [0.2, 0.25) is 0 Å². The lowest BCUT2D eigenvalue weighted by molar-refractivity contribution is -0.136. The monoisotopic (exact) mass is 288 g/mol. The summed E-state index contributed by atoms with van der Waals surface area (Å²) in [5, 5.41) is 14.3. The number of ether oxygens (including phenoxy) is 2. The fourth-order valence-corrected chi connectivity index (χ4v) is 2.13. The molecular formula is C12H20N2O4S. The maximum Gasteiger partial charge on any atom is 0.309 e. The van der Waals surface area contributed by atoms with Crippen LogP contribution in [0, 0.1) is 0 Å². The second-order valence-corrected chi connectivity index (χ2v) is 4.81. The molecular weight excluding hydrogens is 268 g/mol. The molecule has 0 bridgehead atoms. The van der Waals surface area contributed by atoms with E-state index in [4.69, 9.17) is 14.6 Å². The fraction of sp³-hybridized carbons (Fsp3) is 0.667. The van der Waals surface area contributed by atoms with Gasteiger partial charge in [0.15, 0.2) is 5.13 Å². The van der Waals surface area contributed by atoms with E-state index in [0.717, 1.165) is 31.1 Å². The number of anilines is 1. The largest absolute Gasteiger partial charge is 0.481 e. The molecule has 108 valence electrons. The Kier molecular flexibility index (Phi) is 8.11. The minimum Gasteiger partial charge on any atom is -0.481 e. The third-order valence-corrected chi connectivity index (χ3v) is 3.16. The third-order valence-electron chi connectivity index (χ3n) is 2.31.